The van der Waals surface area contributed by atoms with Crippen molar-refractivity contribution in [3.63, 3.8) is 0 Å². The van der Waals surface area contributed by atoms with Crippen LogP contribution in [-0.2, 0) is 0 Å². The van der Waals surface area contributed by atoms with Crippen molar-refractivity contribution in [3.05, 3.63) is 66.2 Å². The highest BCUT2D eigenvalue weighted by atomic mass is 15.2. The predicted molar refractivity (Wildman–Crippen MR) is 71.0 cm³/mol. The monoisotopic (exact) mass is 224 g/mol. The predicted octanol–water partition coefficient (Wildman–Crippen LogP) is 2.81. The second kappa shape index (κ2) is 4.60. The number of para-hydroxylation sites is 1. The van der Waals surface area contributed by atoms with Crippen molar-refractivity contribution in [1.29, 1.82) is 0 Å². The van der Waals surface area contributed by atoms with Gasteiger partial charge in [0.15, 0.2) is 0 Å². The zero-order valence-electron chi connectivity index (χ0n) is 9.64. The second-order valence-electron chi connectivity index (χ2n) is 4.41. The fourth-order valence-corrected chi connectivity index (χ4v) is 2.12. The summed E-state index contributed by atoms with van der Waals surface area (Å²) in [4.78, 5) is 0. The molecule has 17 heavy (non-hydrogen) atoms. The Morgan fingerprint density at radius 1 is 0.882 bits per heavy atom. The van der Waals surface area contributed by atoms with Gasteiger partial charge in [-0.1, -0.05) is 48.5 Å². The zero-order valence-corrected chi connectivity index (χ0v) is 9.64. The van der Waals surface area contributed by atoms with E-state index >= 15 is 0 Å². The Labute approximate surface area is 102 Å². The minimum Gasteiger partial charge on any atom is -0.383 e. The molecule has 1 fully saturated rings. The molecule has 0 bridgehead atoms. The van der Waals surface area contributed by atoms with Crippen LogP contribution in [0.3, 0.4) is 0 Å². The van der Waals surface area contributed by atoms with E-state index in [-0.39, 0.29) is 0 Å². The molecule has 1 heterocycles. The lowest BCUT2D eigenvalue weighted by molar-refractivity contribution is 0.955. The maximum absolute atomic E-state index is 3.49. The molecule has 2 aromatic carbocycles. The van der Waals surface area contributed by atoms with E-state index in [1.54, 1.807) is 0 Å². The highest BCUT2D eigenvalue weighted by molar-refractivity contribution is 5.43. The lowest BCUT2D eigenvalue weighted by Crippen LogP contribution is -2.10. The van der Waals surface area contributed by atoms with E-state index in [1.807, 2.05) is 6.07 Å². The highest BCUT2D eigenvalue weighted by Gasteiger charge is 2.36. The molecule has 3 rings (SSSR count). The van der Waals surface area contributed by atoms with E-state index in [4.69, 9.17) is 0 Å². The minimum absolute atomic E-state index is 0.521. The van der Waals surface area contributed by atoms with Crippen LogP contribution in [-0.4, -0.2) is 12.6 Å². The number of benzene rings is 2. The molecule has 1 aliphatic rings. The molecule has 0 saturated carbocycles. The molecule has 2 aromatic rings. The molecule has 2 heteroatoms. The number of nitrogens with one attached hydrogen (secondary N) is 2. The van der Waals surface area contributed by atoms with Crippen LogP contribution in [0, 0.1) is 0 Å². The fourth-order valence-electron chi connectivity index (χ4n) is 2.12. The van der Waals surface area contributed by atoms with Crippen LogP contribution in [0.4, 0.5) is 5.69 Å². The third kappa shape index (κ3) is 2.48. The topological polar surface area (TPSA) is 34.0 Å². The first kappa shape index (κ1) is 10.4. The van der Waals surface area contributed by atoms with Gasteiger partial charge in [-0.2, -0.15) is 0 Å². The van der Waals surface area contributed by atoms with Crippen LogP contribution < -0.4 is 10.6 Å². The molecular weight excluding hydrogens is 208 g/mol. The molecule has 1 saturated heterocycles. The molecule has 0 aromatic heterocycles. The minimum atomic E-state index is 0.521. The third-order valence-electron chi connectivity index (χ3n) is 3.15. The Balaban J connectivity index is 1.53. The summed E-state index contributed by atoms with van der Waals surface area (Å²) in [6.07, 6.45) is 0. The first-order chi connectivity index (χ1) is 8.43. The standard InChI is InChI=1S/C15H16N2/c1-3-7-12(8-4-1)15-14(17-15)11-16-13-9-5-2-6-10-13/h1-10,14-17H,11H2/t14-,15?/m1/s1. The molecule has 0 radical (unpaired) electrons. The number of rotatable bonds is 4. The lowest BCUT2D eigenvalue weighted by atomic mass is 10.1. The average Bonchev–Trinajstić information content (AvgIpc) is 3.18. The van der Waals surface area contributed by atoms with Gasteiger partial charge in [0, 0.05) is 24.3 Å². The van der Waals surface area contributed by atoms with Gasteiger partial charge in [-0.05, 0) is 17.7 Å². The zero-order chi connectivity index (χ0) is 11.5. The van der Waals surface area contributed by atoms with Gasteiger partial charge in [-0.15, -0.1) is 0 Å². The SMILES string of the molecule is c1ccc(NC[C@H]2NC2c2ccccc2)cc1. The summed E-state index contributed by atoms with van der Waals surface area (Å²) in [5.41, 5.74) is 2.57. The number of hydrogen-bond donors (Lipinski definition) is 2. The third-order valence-corrected chi connectivity index (χ3v) is 3.15. The summed E-state index contributed by atoms with van der Waals surface area (Å²) in [7, 11) is 0. The first-order valence-electron chi connectivity index (χ1n) is 6.03. The van der Waals surface area contributed by atoms with E-state index in [2.05, 4.69) is 65.2 Å². The van der Waals surface area contributed by atoms with Crippen LogP contribution in [0.25, 0.3) is 0 Å². The molecule has 2 N–H and O–H groups in total. The van der Waals surface area contributed by atoms with Crippen molar-refractivity contribution in [3.8, 4) is 0 Å². The van der Waals surface area contributed by atoms with Crippen molar-refractivity contribution < 1.29 is 0 Å². The second-order valence-corrected chi connectivity index (χ2v) is 4.41. The van der Waals surface area contributed by atoms with E-state index in [0.29, 0.717) is 12.1 Å². The molecule has 0 amide bonds. The molecule has 86 valence electrons. The van der Waals surface area contributed by atoms with Gasteiger partial charge in [0.1, 0.15) is 0 Å². The van der Waals surface area contributed by atoms with Crippen LogP contribution in [0.15, 0.2) is 60.7 Å². The Kier molecular flexibility index (Phi) is 2.80. The van der Waals surface area contributed by atoms with Crippen LogP contribution in [0.2, 0.25) is 0 Å². The molecule has 0 spiro atoms. The van der Waals surface area contributed by atoms with Crippen molar-refractivity contribution in [2.45, 2.75) is 12.1 Å². The fraction of sp³-hybridized carbons (Fsp3) is 0.200. The first-order valence-corrected chi connectivity index (χ1v) is 6.03. The summed E-state index contributed by atoms with van der Waals surface area (Å²) in [5.74, 6) is 0. The summed E-state index contributed by atoms with van der Waals surface area (Å²) in [6.45, 7) is 0.976. The summed E-state index contributed by atoms with van der Waals surface area (Å²) in [6, 6.07) is 22.0. The quantitative estimate of drug-likeness (QED) is 0.783. The van der Waals surface area contributed by atoms with E-state index in [0.717, 1.165) is 6.54 Å². The van der Waals surface area contributed by atoms with Crippen LogP contribution in [0.1, 0.15) is 11.6 Å². The molecule has 2 atom stereocenters. The molecule has 2 nitrogen and oxygen atoms in total. The van der Waals surface area contributed by atoms with E-state index in [9.17, 15) is 0 Å². The van der Waals surface area contributed by atoms with Crippen molar-refractivity contribution >= 4 is 5.69 Å². The molecular formula is C15H16N2. The maximum atomic E-state index is 3.49. The van der Waals surface area contributed by atoms with Gasteiger partial charge < -0.3 is 10.6 Å². The van der Waals surface area contributed by atoms with Crippen LogP contribution in [0.5, 0.6) is 0 Å². The summed E-state index contributed by atoms with van der Waals surface area (Å²) < 4.78 is 0. The van der Waals surface area contributed by atoms with Gasteiger partial charge in [-0.3, -0.25) is 0 Å². The van der Waals surface area contributed by atoms with Gasteiger partial charge in [0.25, 0.3) is 0 Å². The Bertz CT molecular complexity index is 467. The number of anilines is 1. The van der Waals surface area contributed by atoms with Crippen molar-refractivity contribution in [2.24, 2.45) is 0 Å². The highest BCUT2D eigenvalue weighted by Crippen LogP contribution is 2.29. The number of hydrogen-bond acceptors (Lipinski definition) is 2. The largest absolute Gasteiger partial charge is 0.383 e. The van der Waals surface area contributed by atoms with Crippen LogP contribution >= 0.6 is 0 Å². The molecule has 1 aliphatic heterocycles. The average molecular weight is 224 g/mol. The smallest absolute Gasteiger partial charge is 0.0496 e. The van der Waals surface area contributed by atoms with Crippen molar-refractivity contribution in [2.75, 3.05) is 11.9 Å². The molecule has 0 aliphatic carbocycles. The van der Waals surface area contributed by atoms with Gasteiger partial charge in [0.05, 0.1) is 0 Å². The lowest BCUT2D eigenvalue weighted by Gasteiger charge is -2.04. The Morgan fingerprint density at radius 3 is 2.24 bits per heavy atom. The van der Waals surface area contributed by atoms with Gasteiger partial charge >= 0.3 is 0 Å². The van der Waals surface area contributed by atoms with E-state index < -0.39 is 0 Å². The summed E-state index contributed by atoms with van der Waals surface area (Å²) in [5, 5.41) is 6.94. The van der Waals surface area contributed by atoms with Crippen molar-refractivity contribution in [1.82, 2.24) is 5.32 Å². The van der Waals surface area contributed by atoms with Gasteiger partial charge in [0.2, 0.25) is 0 Å². The molecule has 1 unspecified atom stereocenters. The Morgan fingerprint density at radius 2 is 1.53 bits per heavy atom. The van der Waals surface area contributed by atoms with Gasteiger partial charge in [-0.25, -0.2) is 0 Å². The normalized spacial score (nSPS) is 22.1. The Hall–Kier alpha value is -1.80. The maximum Gasteiger partial charge on any atom is 0.0496 e. The van der Waals surface area contributed by atoms with E-state index in [1.165, 1.54) is 11.3 Å². The summed E-state index contributed by atoms with van der Waals surface area (Å²) >= 11 is 0.